The number of sulfone groups is 1. The van der Waals surface area contributed by atoms with Crippen molar-refractivity contribution in [3.63, 3.8) is 0 Å². The van der Waals surface area contributed by atoms with Crippen molar-refractivity contribution in [2.45, 2.75) is 29.8 Å². The molecule has 170 valence electrons. The third-order valence-electron chi connectivity index (χ3n) is 5.32. The molecule has 2 aromatic heterocycles. The van der Waals surface area contributed by atoms with E-state index in [9.17, 15) is 26.4 Å². The highest BCUT2D eigenvalue weighted by atomic mass is 32.2. The fourth-order valence-electron chi connectivity index (χ4n) is 3.70. The quantitative estimate of drug-likeness (QED) is 0.586. The summed E-state index contributed by atoms with van der Waals surface area (Å²) in [6.07, 6.45) is -1.80. The first kappa shape index (κ1) is 22.5. The Morgan fingerprint density at radius 3 is 2.50 bits per heavy atom. The number of thiophene rings is 1. The number of rotatable bonds is 5. The van der Waals surface area contributed by atoms with Crippen LogP contribution in [0.3, 0.4) is 0 Å². The van der Waals surface area contributed by atoms with Gasteiger partial charge in [0.05, 0.1) is 10.6 Å². The summed E-state index contributed by atoms with van der Waals surface area (Å²) in [5, 5.41) is 5.77. The number of benzene rings is 1. The maximum Gasteiger partial charge on any atom is 0.435 e. The molecule has 1 aliphatic heterocycles. The monoisotopic (exact) mass is 483 g/mol. The minimum Gasteiger partial charge on any atom is -0.342 e. The fourth-order valence-corrected chi connectivity index (χ4v) is 5.48. The molecule has 11 heteroatoms. The number of carbonyl (C=O) groups excluding carboxylic acids is 1. The molecule has 0 spiro atoms. The van der Waals surface area contributed by atoms with Gasteiger partial charge in [0.1, 0.15) is 5.92 Å². The molecule has 1 atom stereocenters. The second kappa shape index (κ2) is 8.36. The van der Waals surface area contributed by atoms with Crippen LogP contribution >= 0.6 is 11.3 Å². The molecule has 1 unspecified atom stereocenters. The number of hydrogen-bond donors (Lipinski definition) is 1. The summed E-state index contributed by atoms with van der Waals surface area (Å²) in [4.78, 5) is 16.3. The number of alkyl halides is 3. The van der Waals surface area contributed by atoms with Crippen LogP contribution in [0.15, 0.2) is 47.4 Å². The molecule has 1 amide bonds. The number of likely N-dealkylation sites (tertiary alicyclic amines) is 1. The highest BCUT2D eigenvalue weighted by Crippen LogP contribution is 2.38. The van der Waals surface area contributed by atoms with Crippen molar-refractivity contribution in [3.8, 4) is 10.4 Å². The first-order valence-electron chi connectivity index (χ1n) is 9.85. The Labute approximate surface area is 187 Å². The Balaban J connectivity index is 1.74. The molecule has 1 aromatic carbocycles. The van der Waals surface area contributed by atoms with Gasteiger partial charge in [0.2, 0.25) is 5.91 Å². The molecule has 6 nitrogen and oxygen atoms in total. The van der Waals surface area contributed by atoms with Crippen LogP contribution in [0.1, 0.15) is 35.0 Å². The lowest BCUT2D eigenvalue weighted by Crippen LogP contribution is -2.33. The van der Waals surface area contributed by atoms with Crippen LogP contribution in [0.4, 0.5) is 13.2 Å². The normalized spacial score (nSPS) is 15.8. The molecule has 1 aliphatic rings. The number of carbonyl (C=O) groups is 1. The Morgan fingerprint density at radius 2 is 1.88 bits per heavy atom. The van der Waals surface area contributed by atoms with Crippen molar-refractivity contribution in [1.82, 2.24) is 15.1 Å². The maximum atomic E-state index is 13.3. The van der Waals surface area contributed by atoms with E-state index in [1.54, 1.807) is 35.2 Å². The van der Waals surface area contributed by atoms with Gasteiger partial charge in [-0.05, 0) is 48.7 Å². The molecule has 0 aliphatic carbocycles. The summed E-state index contributed by atoms with van der Waals surface area (Å²) >= 11 is 1.24. The fraction of sp³-hybridized carbons (Fsp3) is 0.333. The average molecular weight is 484 g/mol. The van der Waals surface area contributed by atoms with Crippen molar-refractivity contribution in [2.75, 3.05) is 19.3 Å². The van der Waals surface area contributed by atoms with Gasteiger partial charge in [-0.15, -0.1) is 11.3 Å². The molecule has 4 rings (SSSR count). The van der Waals surface area contributed by atoms with E-state index in [-0.39, 0.29) is 16.5 Å². The van der Waals surface area contributed by atoms with Crippen LogP contribution in [0.5, 0.6) is 0 Å². The van der Waals surface area contributed by atoms with Crippen LogP contribution in [-0.4, -0.2) is 48.8 Å². The first-order chi connectivity index (χ1) is 15.0. The summed E-state index contributed by atoms with van der Waals surface area (Å²) < 4.78 is 63.1. The minimum absolute atomic E-state index is 0.0764. The van der Waals surface area contributed by atoms with E-state index in [1.807, 2.05) is 0 Å². The molecule has 0 radical (unpaired) electrons. The molecule has 32 heavy (non-hydrogen) atoms. The topological polar surface area (TPSA) is 83.1 Å². The van der Waals surface area contributed by atoms with E-state index < -0.39 is 27.6 Å². The average Bonchev–Trinajstić information content (AvgIpc) is 3.48. The molecular formula is C21H20F3N3O3S2. The van der Waals surface area contributed by atoms with Gasteiger partial charge in [-0.3, -0.25) is 9.89 Å². The number of hydrogen-bond acceptors (Lipinski definition) is 5. The zero-order chi connectivity index (χ0) is 23.1. The van der Waals surface area contributed by atoms with Gasteiger partial charge < -0.3 is 4.90 Å². The van der Waals surface area contributed by atoms with Crippen LogP contribution in [0, 0.1) is 0 Å². The smallest absolute Gasteiger partial charge is 0.342 e. The predicted molar refractivity (Wildman–Crippen MR) is 114 cm³/mol. The number of aromatic amines is 1. The van der Waals surface area contributed by atoms with Crippen LogP contribution in [0.2, 0.25) is 0 Å². The Bertz CT molecular complexity index is 1240. The summed E-state index contributed by atoms with van der Waals surface area (Å²) in [5.74, 6) is -1.23. The second-order valence-electron chi connectivity index (χ2n) is 7.67. The van der Waals surface area contributed by atoms with Crippen LogP contribution in [0.25, 0.3) is 10.4 Å². The molecule has 0 saturated carbocycles. The highest BCUT2D eigenvalue weighted by molar-refractivity contribution is 7.90. The minimum atomic E-state index is -4.62. The number of nitrogens with zero attached hydrogens (tertiary/aromatic N) is 2. The van der Waals surface area contributed by atoms with Crippen LogP contribution in [-0.2, 0) is 20.8 Å². The maximum absolute atomic E-state index is 13.3. The van der Waals surface area contributed by atoms with E-state index in [0.717, 1.165) is 25.2 Å². The van der Waals surface area contributed by atoms with Gasteiger partial charge in [0, 0.05) is 29.1 Å². The molecule has 0 bridgehead atoms. The third kappa shape index (κ3) is 4.58. The van der Waals surface area contributed by atoms with E-state index >= 15 is 0 Å². The van der Waals surface area contributed by atoms with Crippen molar-refractivity contribution in [3.05, 3.63) is 58.7 Å². The summed E-state index contributed by atoms with van der Waals surface area (Å²) in [7, 11) is -3.40. The zero-order valence-electron chi connectivity index (χ0n) is 17.0. The van der Waals surface area contributed by atoms with E-state index in [4.69, 9.17) is 0 Å². The highest BCUT2D eigenvalue weighted by Gasteiger charge is 2.37. The van der Waals surface area contributed by atoms with Gasteiger partial charge in [-0.1, -0.05) is 12.1 Å². The lowest BCUT2D eigenvalue weighted by molar-refractivity contribution is -0.141. The predicted octanol–water partition coefficient (Wildman–Crippen LogP) is 4.31. The number of nitrogens with one attached hydrogen (secondary N) is 1. The summed E-state index contributed by atoms with van der Waals surface area (Å²) in [5.41, 5.74) is -0.353. The third-order valence-corrected chi connectivity index (χ3v) is 7.63. The van der Waals surface area contributed by atoms with Crippen molar-refractivity contribution in [1.29, 1.82) is 0 Å². The van der Waals surface area contributed by atoms with Crippen LogP contribution < -0.4 is 0 Å². The second-order valence-corrected chi connectivity index (χ2v) is 10.8. The van der Waals surface area contributed by atoms with Gasteiger partial charge in [-0.25, -0.2) is 8.42 Å². The Hall–Kier alpha value is -2.66. The SMILES string of the molecule is CS(=O)(=O)c1cccc(-c2ccc(C(C(=O)N3CCCC3)c3cc(C(F)(F)F)n[nH]3)s2)c1. The van der Waals surface area contributed by atoms with Crippen molar-refractivity contribution < 1.29 is 26.4 Å². The standard InChI is InChI=1S/C21H20F3N3O3S2/c1-32(29,30)14-6-4-5-13(11-14)16-7-8-17(31-16)19(20(28)27-9-2-3-10-27)15-12-18(26-25-15)21(22,23)24/h4-8,11-12,19H,2-3,9-10H2,1H3,(H,25,26). The van der Waals surface area contributed by atoms with E-state index in [1.165, 1.54) is 17.4 Å². The van der Waals surface area contributed by atoms with Gasteiger partial charge in [0.15, 0.2) is 15.5 Å². The summed E-state index contributed by atoms with van der Waals surface area (Å²) in [6.45, 7) is 1.12. The van der Waals surface area contributed by atoms with E-state index in [2.05, 4.69) is 10.2 Å². The molecular weight excluding hydrogens is 463 g/mol. The Kier molecular flexibility index (Phi) is 5.89. The number of amides is 1. The van der Waals surface area contributed by atoms with E-state index in [0.29, 0.717) is 28.4 Å². The molecule has 3 aromatic rings. The lowest BCUT2D eigenvalue weighted by Gasteiger charge is -2.21. The zero-order valence-corrected chi connectivity index (χ0v) is 18.6. The molecule has 3 heterocycles. The number of aromatic nitrogens is 2. The Morgan fingerprint density at radius 1 is 1.16 bits per heavy atom. The van der Waals surface area contributed by atoms with Gasteiger partial charge in [0.25, 0.3) is 0 Å². The molecule has 1 saturated heterocycles. The van der Waals surface area contributed by atoms with Gasteiger partial charge >= 0.3 is 6.18 Å². The number of halogens is 3. The first-order valence-corrected chi connectivity index (χ1v) is 12.6. The van der Waals surface area contributed by atoms with Gasteiger partial charge in [-0.2, -0.15) is 18.3 Å². The summed E-state index contributed by atoms with van der Waals surface area (Å²) in [6, 6.07) is 10.7. The molecule has 1 N–H and O–H groups in total. The molecule has 1 fully saturated rings. The lowest BCUT2D eigenvalue weighted by atomic mass is 10.0. The van der Waals surface area contributed by atoms with Crippen molar-refractivity contribution >= 4 is 27.1 Å². The van der Waals surface area contributed by atoms with Crippen molar-refractivity contribution in [2.24, 2.45) is 0 Å². The number of H-pyrrole nitrogens is 1. The largest absolute Gasteiger partial charge is 0.435 e.